The monoisotopic (exact) mass is 268 g/mol. The summed E-state index contributed by atoms with van der Waals surface area (Å²) in [7, 11) is 0. The molecule has 0 aliphatic carbocycles. The number of nitrogens with two attached hydrogens (primary N) is 1. The summed E-state index contributed by atoms with van der Waals surface area (Å²) >= 11 is 0. The Morgan fingerprint density at radius 3 is 2.35 bits per heavy atom. The van der Waals surface area contributed by atoms with E-state index in [2.05, 4.69) is 12.2 Å². The third kappa shape index (κ3) is 3.45. The van der Waals surface area contributed by atoms with E-state index in [-0.39, 0.29) is 5.91 Å². The summed E-state index contributed by atoms with van der Waals surface area (Å²) in [4.78, 5) is 12.2. The smallest absolute Gasteiger partial charge is 0.251 e. The first-order chi connectivity index (χ1) is 9.74. The van der Waals surface area contributed by atoms with Gasteiger partial charge in [-0.05, 0) is 29.2 Å². The largest absolute Gasteiger partial charge is 0.348 e. The predicted octanol–water partition coefficient (Wildman–Crippen LogP) is 2.64. The highest BCUT2D eigenvalue weighted by Gasteiger charge is 2.08. The van der Waals surface area contributed by atoms with E-state index in [0.717, 1.165) is 28.7 Å². The zero-order valence-electron chi connectivity index (χ0n) is 11.7. The van der Waals surface area contributed by atoms with Crippen molar-refractivity contribution < 1.29 is 4.79 Å². The van der Waals surface area contributed by atoms with Crippen LogP contribution in [0.5, 0.6) is 0 Å². The molecule has 2 aromatic rings. The third-order valence-corrected chi connectivity index (χ3v) is 3.35. The molecule has 1 amide bonds. The molecule has 2 aromatic carbocycles. The zero-order valence-corrected chi connectivity index (χ0v) is 11.7. The standard InChI is InChI=1S/C17H20N2O/c1-2-15-5-3-4-6-16(15)17(20)19-12-14-9-7-13(11-18)8-10-14/h3-10H,2,11-12,18H2,1H3,(H,19,20). The van der Waals surface area contributed by atoms with Crippen LogP contribution in [-0.2, 0) is 19.5 Å². The maximum absolute atomic E-state index is 12.2. The van der Waals surface area contributed by atoms with Crippen molar-refractivity contribution >= 4 is 5.91 Å². The van der Waals surface area contributed by atoms with Crippen molar-refractivity contribution in [2.24, 2.45) is 5.73 Å². The predicted molar refractivity (Wildman–Crippen MR) is 81.3 cm³/mol. The van der Waals surface area contributed by atoms with Gasteiger partial charge in [-0.25, -0.2) is 0 Å². The van der Waals surface area contributed by atoms with E-state index in [9.17, 15) is 4.79 Å². The molecule has 0 aromatic heterocycles. The van der Waals surface area contributed by atoms with Crippen molar-refractivity contribution in [3.05, 3.63) is 70.8 Å². The Balaban J connectivity index is 2.01. The number of benzene rings is 2. The van der Waals surface area contributed by atoms with Crippen molar-refractivity contribution in [3.63, 3.8) is 0 Å². The fourth-order valence-corrected chi connectivity index (χ4v) is 2.12. The molecular formula is C17H20N2O. The number of hydrogen-bond acceptors (Lipinski definition) is 2. The first-order valence-electron chi connectivity index (χ1n) is 6.88. The van der Waals surface area contributed by atoms with E-state index in [1.165, 1.54) is 0 Å². The van der Waals surface area contributed by atoms with Crippen LogP contribution < -0.4 is 11.1 Å². The van der Waals surface area contributed by atoms with Crippen LogP contribution in [0.2, 0.25) is 0 Å². The van der Waals surface area contributed by atoms with Crippen LogP contribution in [0.3, 0.4) is 0 Å². The Kier molecular flexibility index (Phi) is 4.91. The Morgan fingerprint density at radius 2 is 1.70 bits per heavy atom. The van der Waals surface area contributed by atoms with Gasteiger partial charge in [-0.15, -0.1) is 0 Å². The average Bonchev–Trinajstić information content (AvgIpc) is 2.53. The third-order valence-electron chi connectivity index (χ3n) is 3.35. The fourth-order valence-electron chi connectivity index (χ4n) is 2.12. The minimum Gasteiger partial charge on any atom is -0.348 e. The summed E-state index contributed by atoms with van der Waals surface area (Å²) in [6, 6.07) is 15.7. The van der Waals surface area contributed by atoms with E-state index in [4.69, 9.17) is 5.73 Å². The second kappa shape index (κ2) is 6.87. The lowest BCUT2D eigenvalue weighted by atomic mass is 10.0. The van der Waals surface area contributed by atoms with Gasteiger partial charge in [-0.2, -0.15) is 0 Å². The Labute approximate surface area is 119 Å². The summed E-state index contributed by atoms with van der Waals surface area (Å²) < 4.78 is 0. The van der Waals surface area contributed by atoms with Crippen LogP contribution in [0.15, 0.2) is 48.5 Å². The van der Waals surface area contributed by atoms with Crippen molar-refractivity contribution in [1.29, 1.82) is 0 Å². The lowest BCUT2D eigenvalue weighted by Gasteiger charge is -2.09. The molecule has 0 unspecified atom stereocenters. The SMILES string of the molecule is CCc1ccccc1C(=O)NCc1ccc(CN)cc1. The second-order valence-corrected chi connectivity index (χ2v) is 4.71. The van der Waals surface area contributed by atoms with Gasteiger partial charge in [0.05, 0.1) is 0 Å². The number of carbonyl (C=O) groups is 1. The van der Waals surface area contributed by atoms with Gasteiger partial charge in [0.25, 0.3) is 5.91 Å². The molecule has 0 radical (unpaired) electrons. The summed E-state index contributed by atoms with van der Waals surface area (Å²) in [6.45, 7) is 3.12. The van der Waals surface area contributed by atoms with Crippen LogP contribution in [0.4, 0.5) is 0 Å². The number of rotatable bonds is 5. The fraction of sp³-hybridized carbons (Fsp3) is 0.235. The van der Waals surface area contributed by atoms with Crippen molar-refractivity contribution in [2.45, 2.75) is 26.4 Å². The van der Waals surface area contributed by atoms with Crippen LogP contribution in [-0.4, -0.2) is 5.91 Å². The van der Waals surface area contributed by atoms with Crippen LogP contribution in [0.1, 0.15) is 34.0 Å². The highest BCUT2D eigenvalue weighted by atomic mass is 16.1. The topological polar surface area (TPSA) is 55.1 Å². The van der Waals surface area contributed by atoms with Crippen LogP contribution in [0.25, 0.3) is 0 Å². The molecule has 0 fully saturated rings. The van der Waals surface area contributed by atoms with E-state index in [0.29, 0.717) is 13.1 Å². The molecule has 0 heterocycles. The summed E-state index contributed by atoms with van der Waals surface area (Å²) in [6.07, 6.45) is 0.856. The molecule has 0 saturated heterocycles. The van der Waals surface area contributed by atoms with Crippen molar-refractivity contribution in [2.75, 3.05) is 0 Å². The highest BCUT2D eigenvalue weighted by Crippen LogP contribution is 2.10. The maximum Gasteiger partial charge on any atom is 0.251 e. The molecule has 0 atom stereocenters. The van der Waals surface area contributed by atoms with Crippen molar-refractivity contribution in [3.8, 4) is 0 Å². The maximum atomic E-state index is 12.2. The van der Waals surface area contributed by atoms with Gasteiger partial charge in [0.1, 0.15) is 0 Å². The molecule has 3 nitrogen and oxygen atoms in total. The van der Waals surface area contributed by atoms with E-state index < -0.39 is 0 Å². The summed E-state index contributed by atoms with van der Waals surface area (Å²) in [5.74, 6) is -0.0228. The van der Waals surface area contributed by atoms with Gasteiger partial charge < -0.3 is 11.1 Å². The molecule has 0 aliphatic heterocycles. The highest BCUT2D eigenvalue weighted by molar-refractivity contribution is 5.95. The molecule has 0 aliphatic rings. The molecule has 0 saturated carbocycles. The van der Waals surface area contributed by atoms with Crippen LogP contribution in [0, 0.1) is 0 Å². The molecule has 0 bridgehead atoms. The molecule has 2 rings (SSSR count). The van der Waals surface area contributed by atoms with Crippen molar-refractivity contribution in [1.82, 2.24) is 5.32 Å². The lowest BCUT2D eigenvalue weighted by molar-refractivity contribution is 0.0950. The molecule has 104 valence electrons. The summed E-state index contributed by atoms with van der Waals surface area (Å²) in [5, 5.41) is 2.96. The lowest BCUT2D eigenvalue weighted by Crippen LogP contribution is -2.23. The van der Waals surface area contributed by atoms with Gasteiger partial charge in [0.2, 0.25) is 0 Å². The Bertz CT molecular complexity index is 576. The zero-order chi connectivity index (χ0) is 14.4. The number of nitrogens with one attached hydrogen (secondary N) is 1. The molecule has 20 heavy (non-hydrogen) atoms. The first kappa shape index (κ1) is 14.3. The molecular weight excluding hydrogens is 248 g/mol. The van der Waals surface area contributed by atoms with Gasteiger partial charge in [0, 0.05) is 18.7 Å². The minimum absolute atomic E-state index is 0.0228. The molecule has 0 spiro atoms. The minimum atomic E-state index is -0.0228. The Hall–Kier alpha value is -2.13. The van der Waals surface area contributed by atoms with Gasteiger partial charge >= 0.3 is 0 Å². The Morgan fingerprint density at radius 1 is 1.05 bits per heavy atom. The van der Waals surface area contributed by atoms with E-state index in [1.54, 1.807) is 0 Å². The number of hydrogen-bond donors (Lipinski definition) is 2. The van der Waals surface area contributed by atoms with E-state index in [1.807, 2.05) is 48.5 Å². The first-order valence-corrected chi connectivity index (χ1v) is 6.88. The number of amides is 1. The quantitative estimate of drug-likeness (QED) is 0.876. The second-order valence-electron chi connectivity index (χ2n) is 4.71. The molecule has 3 heteroatoms. The van der Waals surface area contributed by atoms with Gasteiger partial charge in [-0.1, -0.05) is 49.4 Å². The number of carbonyl (C=O) groups excluding carboxylic acids is 1. The van der Waals surface area contributed by atoms with Crippen LogP contribution >= 0.6 is 0 Å². The number of aryl methyl sites for hydroxylation is 1. The van der Waals surface area contributed by atoms with Gasteiger partial charge in [0.15, 0.2) is 0 Å². The van der Waals surface area contributed by atoms with Gasteiger partial charge in [-0.3, -0.25) is 4.79 Å². The average molecular weight is 268 g/mol. The molecule has 3 N–H and O–H groups in total. The normalized spacial score (nSPS) is 10.3. The van der Waals surface area contributed by atoms with E-state index >= 15 is 0 Å². The summed E-state index contributed by atoms with van der Waals surface area (Å²) in [5.41, 5.74) is 9.56.